The van der Waals surface area contributed by atoms with Gasteiger partial charge in [-0.2, -0.15) is 0 Å². The Morgan fingerprint density at radius 2 is 1.93 bits per heavy atom. The summed E-state index contributed by atoms with van der Waals surface area (Å²) in [6.45, 7) is 4.26. The first-order chi connectivity index (χ1) is 13.0. The van der Waals surface area contributed by atoms with E-state index in [1.807, 2.05) is 6.92 Å². The third kappa shape index (κ3) is 4.03. The lowest BCUT2D eigenvalue weighted by molar-refractivity contribution is 0.0531. The Morgan fingerprint density at radius 3 is 2.59 bits per heavy atom. The van der Waals surface area contributed by atoms with Crippen molar-refractivity contribution in [3.8, 4) is 10.8 Å². The Labute approximate surface area is 160 Å². The highest BCUT2D eigenvalue weighted by molar-refractivity contribution is 7.16. The van der Waals surface area contributed by atoms with E-state index in [2.05, 4.69) is 0 Å². The summed E-state index contributed by atoms with van der Waals surface area (Å²) in [5.74, 6) is -0.711. The monoisotopic (exact) mass is 390 g/mol. The molecule has 0 N–H and O–H groups in total. The normalized spacial score (nSPS) is 14.8. The van der Waals surface area contributed by atoms with Crippen LogP contribution in [0.4, 0.5) is 4.39 Å². The summed E-state index contributed by atoms with van der Waals surface area (Å²) in [6, 6.07) is 5.47. The largest absolute Gasteiger partial charge is 0.501 e. The molecule has 5 nitrogen and oxygen atoms in total. The fourth-order valence-electron chi connectivity index (χ4n) is 2.78. The number of allylic oxidation sites excluding steroid dienone is 1. The summed E-state index contributed by atoms with van der Waals surface area (Å²) in [6.07, 6.45) is 2.46. The number of ether oxygens (including phenoxy) is 3. The number of ketones is 1. The van der Waals surface area contributed by atoms with E-state index in [0.29, 0.717) is 51.8 Å². The van der Waals surface area contributed by atoms with E-state index >= 15 is 0 Å². The van der Waals surface area contributed by atoms with Crippen LogP contribution >= 0.6 is 11.3 Å². The number of benzene rings is 1. The van der Waals surface area contributed by atoms with Gasteiger partial charge in [0, 0.05) is 5.57 Å². The van der Waals surface area contributed by atoms with Gasteiger partial charge in [0.25, 0.3) is 0 Å². The molecular formula is C20H19FO5S. The maximum absolute atomic E-state index is 13.1. The molecule has 7 heteroatoms. The van der Waals surface area contributed by atoms with E-state index < -0.39 is 5.97 Å². The molecule has 0 unspecified atom stereocenters. The SMILES string of the molecule is CCO/C=C1\CCc2c(C(=O)OCC)sc(Oc3ccc(F)cc3)c2C1=O. The minimum Gasteiger partial charge on any atom is -0.501 e. The van der Waals surface area contributed by atoms with Gasteiger partial charge in [-0.25, -0.2) is 9.18 Å². The fourth-order valence-corrected chi connectivity index (χ4v) is 3.89. The summed E-state index contributed by atoms with van der Waals surface area (Å²) >= 11 is 1.07. The van der Waals surface area contributed by atoms with Crippen molar-refractivity contribution in [2.24, 2.45) is 0 Å². The van der Waals surface area contributed by atoms with Gasteiger partial charge in [-0.1, -0.05) is 11.3 Å². The van der Waals surface area contributed by atoms with Gasteiger partial charge in [0.15, 0.2) is 10.8 Å². The lowest BCUT2D eigenvalue weighted by Gasteiger charge is -2.16. The summed E-state index contributed by atoms with van der Waals surface area (Å²) in [4.78, 5) is 25.6. The van der Waals surface area contributed by atoms with E-state index in [1.165, 1.54) is 30.5 Å². The van der Waals surface area contributed by atoms with Crippen molar-refractivity contribution < 1.29 is 28.2 Å². The van der Waals surface area contributed by atoms with Crippen molar-refractivity contribution in [1.29, 1.82) is 0 Å². The van der Waals surface area contributed by atoms with E-state index in [-0.39, 0.29) is 18.2 Å². The number of carbonyl (C=O) groups is 2. The molecule has 0 aliphatic heterocycles. The number of fused-ring (bicyclic) bond motifs is 1. The van der Waals surface area contributed by atoms with Gasteiger partial charge in [0.05, 0.1) is 25.0 Å². The van der Waals surface area contributed by atoms with Crippen LogP contribution in [0, 0.1) is 5.82 Å². The maximum atomic E-state index is 13.1. The molecule has 0 radical (unpaired) electrons. The average Bonchev–Trinajstić information content (AvgIpc) is 3.02. The summed E-state index contributed by atoms with van der Waals surface area (Å²) in [5.41, 5.74) is 1.51. The number of halogens is 1. The molecule has 27 heavy (non-hydrogen) atoms. The quantitative estimate of drug-likeness (QED) is 0.399. The van der Waals surface area contributed by atoms with E-state index in [1.54, 1.807) is 6.92 Å². The molecule has 0 saturated heterocycles. The topological polar surface area (TPSA) is 61.8 Å². The second-order valence-corrected chi connectivity index (χ2v) is 6.76. The minimum absolute atomic E-state index is 0.228. The number of thiophene rings is 1. The highest BCUT2D eigenvalue weighted by Crippen LogP contribution is 2.43. The van der Waals surface area contributed by atoms with Gasteiger partial charge in [-0.3, -0.25) is 4.79 Å². The van der Waals surface area contributed by atoms with Gasteiger partial charge in [-0.05, 0) is 56.5 Å². The first kappa shape index (κ1) is 19.1. The fraction of sp³-hybridized carbons (Fsp3) is 0.300. The zero-order valence-electron chi connectivity index (χ0n) is 15.0. The van der Waals surface area contributed by atoms with Gasteiger partial charge >= 0.3 is 5.97 Å². The van der Waals surface area contributed by atoms with Gasteiger partial charge in [0.1, 0.15) is 16.4 Å². The summed E-state index contributed by atoms with van der Waals surface area (Å²) in [5, 5.41) is 0.298. The Hall–Kier alpha value is -2.67. The second-order valence-electron chi connectivity index (χ2n) is 5.78. The van der Waals surface area contributed by atoms with Gasteiger partial charge in [-0.15, -0.1) is 0 Å². The molecule has 3 rings (SSSR count). The first-order valence-corrected chi connectivity index (χ1v) is 9.48. The molecule has 0 atom stereocenters. The molecule has 0 bridgehead atoms. The molecule has 0 amide bonds. The number of Topliss-reactive ketones (excluding diaryl/α,β-unsaturated/α-hetero) is 1. The Morgan fingerprint density at radius 1 is 1.19 bits per heavy atom. The van der Waals surface area contributed by atoms with E-state index in [9.17, 15) is 14.0 Å². The Kier molecular flexibility index (Phi) is 5.91. The van der Waals surface area contributed by atoms with Crippen LogP contribution in [0.1, 0.15) is 45.9 Å². The number of hydrogen-bond acceptors (Lipinski definition) is 6. The van der Waals surface area contributed by atoms with Crippen LogP contribution in [0.5, 0.6) is 10.8 Å². The van der Waals surface area contributed by atoms with Crippen molar-refractivity contribution >= 4 is 23.1 Å². The number of hydrogen-bond donors (Lipinski definition) is 0. The average molecular weight is 390 g/mol. The lowest BCUT2D eigenvalue weighted by Crippen LogP contribution is -2.16. The molecular weight excluding hydrogens is 371 g/mol. The third-order valence-corrected chi connectivity index (χ3v) is 5.11. The van der Waals surface area contributed by atoms with Crippen LogP contribution in [-0.4, -0.2) is 25.0 Å². The smallest absolute Gasteiger partial charge is 0.348 e. The van der Waals surface area contributed by atoms with Crippen LogP contribution in [0.3, 0.4) is 0 Å². The van der Waals surface area contributed by atoms with Crippen molar-refractivity contribution in [3.63, 3.8) is 0 Å². The standard InChI is InChI=1S/C20H19FO5S/c1-3-24-11-12-5-10-15-16(17(12)22)20(27-18(15)19(23)25-4-2)26-14-8-6-13(21)7-9-14/h6-9,11H,3-5,10H2,1-2H3/b12-11+. The van der Waals surface area contributed by atoms with Crippen molar-refractivity contribution in [2.75, 3.05) is 13.2 Å². The van der Waals surface area contributed by atoms with E-state index in [0.717, 1.165) is 11.3 Å². The maximum Gasteiger partial charge on any atom is 0.348 e. The van der Waals surface area contributed by atoms with Crippen LogP contribution in [0.2, 0.25) is 0 Å². The Bertz CT molecular complexity index is 883. The van der Waals surface area contributed by atoms with Crippen molar-refractivity contribution in [3.05, 3.63) is 57.9 Å². The first-order valence-electron chi connectivity index (χ1n) is 8.66. The van der Waals surface area contributed by atoms with Crippen molar-refractivity contribution in [2.45, 2.75) is 26.7 Å². The molecule has 1 aromatic heterocycles. The zero-order chi connectivity index (χ0) is 19.4. The summed E-state index contributed by atoms with van der Waals surface area (Å²) < 4.78 is 29.3. The van der Waals surface area contributed by atoms with Crippen LogP contribution in [0.15, 0.2) is 36.1 Å². The van der Waals surface area contributed by atoms with Crippen LogP contribution in [-0.2, 0) is 15.9 Å². The molecule has 1 heterocycles. The Balaban J connectivity index is 2.03. The molecule has 2 aromatic rings. The minimum atomic E-state index is -0.474. The molecule has 1 aliphatic rings. The molecule has 0 fully saturated rings. The van der Waals surface area contributed by atoms with E-state index in [4.69, 9.17) is 14.2 Å². The zero-order valence-corrected chi connectivity index (χ0v) is 15.9. The lowest BCUT2D eigenvalue weighted by atomic mass is 9.88. The molecule has 142 valence electrons. The second kappa shape index (κ2) is 8.35. The predicted octanol–water partition coefficient (Wildman–Crippen LogP) is 4.91. The predicted molar refractivity (Wildman–Crippen MR) is 99.1 cm³/mol. The van der Waals surface area contributed by atoms with Gasteiger partial charge < -0.3 is 14.2 Å². The molecule has 1 aliphatic carbocycles. The highest BCUT2D eigenvalue weighted by atomic mass is 32.1. The number of esters is 1. The molecule has 0 spiro atoms. The van der Waals surface area contributed by atoms with Crippen LogP contribution < -0.4 is 4.74 Å². The summed E-state index contributed by atoms with van der Waals surface area (Å²) in [7, 11) is 0. The van der Waals surface area contributed by atoms with Crippen molar-refractivity contribution in [1.82, 2.24) is 0 Å². The number of carbonyl (C=O) groups excluding carboxylic acids is 2. The molecule has 1 aromatic carbocycles. The van der Waals surface area contributed by atoms with Gasteiger partial charge in [0.2, 0.25) is 0 Å². The number of rotatable bonds is 6. The molecule has 0 saturated carbocycles. The third-order valence-electron chi connectivity index (χ3n) is 4.02. The highest BCUT2D eigenvalue weighted by Gasteiger charge is 2.34. The van der Waals surface area contributed by atoms with Crippen LogP contribution in [0.25, 0.3) is 0 Å².